The second-order valence-corrected chi connectivity index (χ2v) is 7.74. The average molecular weight is 473 g/mol. The van der Waals surface area contributed by atoms with Crippen molar-refractivity contribution in [2.75, 3.05) is 6.61 Å². The Morgan fingerprint density at radius 3 is 2.23 bits per heavy atom. The van der Waals surface area contributed by atoms with Gasteiger partial charge in [0.05, 0.1) is 18.0 Å². The lowest BCUT2D eigenvalue weighted by atomic mass is 10.0. The summed E-state index contributed by atoms with van der Waals surface area (Å²) in [6.45, 7) is 2.10. The van der Waals surface area contributed by atoms with E-state index >= 15 is 0 Å². The maximum absolute atomic E-state index is 13.0. The van der Waals surface area contributed by atoms with Crippen LogP contribution in [0.4, 0.5) is 0 Å². The van der Waals surface area contributed by atoms with Gasteiger partial charge in [-0.1, -0.05) is 82.7 Å². The predicted molar refractivity (Wildman–Crippen MR) is 128 cm³/mol. The Bertz CT molecular complexity index is 1200. The molecular formula is C26H21BrN2O2. The third kappa shape index (κ3) is 4.67. The number of carbonyl (C=O) groups is 1. The van der Waals surface area contributed by atoms with Crippen LogP contribution >= 0.6 is 15.9 Å². The number of benzene rings is 3. The number of para-hydroxylation sites is 1. The molecule has 4 rings (SSSR count). The Hall–Kier alpha value is -3.44. The summed E-state index contributed by atoms with van der Waals surface area (Å²) in [7, 11) is 0. The van der Waals surface area contributed by atoms with E-state index in [9.17, 15) is 4.79 Å². The minimum absolute atomic E-state index is 0.291. The molecule has 0 aliphatic heterocycles. The molecule has 0 amide bonds. The molecule has 0 aliphatic carbocycles. The summed E-state index contributed by atoms with van der Waals surface area (Å²) in [6, 6.07) is 27.5. The Morgan fingerprint density at radius 2 is 1.58 bits per heavy atom. The highest BCUT2D eigenvalue weighted by atomic mass is 79.9. The molecule has 0 bridgehead atoms. The van der Waals surface area contributed by atoms with Gasteiger partial charge in [0.15, 0.2) is 0 Å². The fraction of sp³-hybridized carbons (Fsp3) is 0.0769. The van der Waals surface area contributed by atoms with E-state index in [1.807, 2.05) is 97.1 Å². The molecule has 0 saturated heterocycles. The lowest BCUT2D eigenvalue weighted by molar-refractivity contribution is 0.0527. The summed E-state index contributed by atoms with van der Waals surface area (Å²) in [5.41, 5.74) is 4.46. The molecular weight excluding hydrogens is 452 g/mol. The number of ether oxygens (including phenoxy) is 1. The maximum Gasteiger partial charge on any atom is 0.342 e. The second-order valence-electron chi connectivity index (χ2n) is 6.83. The van der Waals surface area contributed by atoms with Crippen LogP contribution in [0.1, 0.15) is 28.5 Å². The van der Waals surface area contributed by atoms with Crippen molar-refractivity contribution in [3.63, 3.8) is 0 Å². The molecule has 0 saturated carbocycles. The van der Waals surface area contributed by atoms with E-state index < -0.39 is 0 Å². The molecule has 0 unspecified atom stereocenters. The number of hydrogen-bond acceptors (Lipinski definition) is 3. The standard InChI is InChI=1S/C26H21BrN2O2/c1-2-31-26(30)24-23(18-15-19-13-16-21(27)17-14-19)29(22-11-7-4-8-12-22)28-25(24)20-9-5-3-6-10-20/h3-18H,2H2,1H3/b18-15+. The van der Waals surface area contributed by atoms with Crippen molar-refractivity contribution in [1.82, 2.24) is 9.78 Å². The fourth-order valence-corrected chi connectivity index (χ4v) is 3.57. The third-order valence-electron chi connectivity index (χ3n) is 4.75. The summed E-state index contributed by atoms with van der Waals surface area (Å²) >= 11 is 3.46. The summed E-state index contributed by atoms with van der Waals surface area (Å²) in [6.07, 6.45) is 3.89. The lowest BCUT2D eigenvalue weighted by Gasteiger charge is -2.06. The first-order chi connectivity index (χ1) is 15.2. The number of aromatic nitrogens is 2. The van der Waals surface area contributed by atoms with E-state index in [0.717, 1.165) is 21.3 Å². The van der Waals surface area contributed by atoms with Gasteiger partial charge < -0.3 is 4.74 Å². The summed E-state index contributed by atoms with van der Waals surface area (Å²) in [4.78, 5) is 13.0. The van der Waals surface area contributed by atoms with Crippen molar-refractivity contribution in [1.29, 1.82) is 0 Å². The van der Waals surface area contributed by atoms with Crippen molar-refractivity contribution in [3.8, 4) is 16.9 Å². The monoisotopic (exact) mass is 472 g/mol. The Labute approximate surface area is 189 Å². The smallest absolute Gasteiger partial charge is 0.342 e. The van der Waals surface area contributed by atoms with Crippen LogP contribution in [0.3, 0.4) is 0 Å². The number of nitrogens with zero attached hydrogens (tertiary/aromatic N) is 2. The number of carbonyl (C=O) groups excluding carboxylic acids is 1. The molecule has 1 aromatic heterocycles. The van der Waals surface area contributed by atoms with Crippen molar-refractivity contribution < 1.29 is 9.53 Å². The molecule has 31 heavy (non-hydrogen) atoms. The van der Waals surface area contributed by atoms with Crippen LogP contribution < -0.4 is 0 Å². The van der Waals surface area contributed by atoms with Gasteiger partial charge in [0.2, 0.25) is 0 Å². The molecule has 4 aromatic rings. The minimum Gasteiger partial charge on any atom is -0.462 e. The molecule has 154 valence electrons. The quantitative estimate of drug-likeness (QED) is 0.295. The van der Waals surface area contributed by atoms with E-state index in [1.54, 1.807) is 11.6 Å². The molecule has 0 N–H and O–H groups in total. The molecule has 0 spiro atoms. The highest BCUT2D eigenvalue weighted by Gasteiger charge is 2.25. The van der Waals surface area contributed by atoms with Crippen LogP contribution in [-0.4, -0.2) is 22.4 Å². The zero-order valence-corrected chi connectivity index (χ0v) is 18.6. The predicted octanol–water partition coefficient (Wildman–Crippen LogP) is 6.65. The van der Waals surface area contributed by atoms with Gasteiger partial charge in [-0.05, 0) is 42.8 Å². The number of halogens is 1. The van der Waals surface area contributed by atoms with Crippen LogP contribution in [0.2, 0.25) is 0 Å². The summed E-state index contributed by atoms with van der Waals surface area (Å²) < 4.78 is 8.22. The van der Waals surface area contributed by atoms with Gasteiger partial charge in [0, 0.05) is 10.0 Å². The highest BCUT2D eigenvalue weighted by Crippen LogP contribution is 2.30. The molecule has 1 heterocycles. The second kappa shape index (κ2) is 9.58. The molecule has 0 fully saturated rings. The average Bonchev–Trinajstić information content (AvgIpc) is 3.20. The van der Waals surface area contributed by atoms with E-state index in [0.29, 0.717) is 23.6 Å². The van der Waals surface area contributed by atoms with Gasteiger partial charge in [-0.25, -0.2) is 9.48 Å². The first kappa shape index (κ1) is 20.8. The van der Waals surface area contributed by atoms with Crippen LogP contribution in [0.15, 0.2) is 89.4 Å². The van der Waals surface area contributed by atoms with Crippen molar-refractivity contribution in [2.24, 2.45) is 0 Å². The molecule has 0 atom stereocenters. The zero-order valence-electron chi connectivity index (χ0n) is 17.0. The van der Waals surface area contributed by atoms with Gasteiger partial charge in [-0.3, -0.25) is 0 Å². The maximum atomic E-state index is 13.0. The summed E-state index contributed by atoms with van der Waals surface area (Å²) in [5, 5.41) is 4.84. The van der Waals surface area contributed by atoms with Crippen LogP contribution in [0.25, 0.3) is 29.1 Å². The van der Waals surface area contributed by atoms with E-state index in [-0.39, 0.29) is 5.97 Å². The van der Waals surface area contributed by atoms with Crippen LogP contribution in [-0.2, 0) is 4.74 Å². The number of hydrogen-bond donors (Lipinski definition) is 0. The molecule has 4 nitrogen and oxygen atoms in total. The van der Waals surface area contributed by atoms with E-state index in [1.165, 1.54) is 0 Å². The van der Waals surface area contributed by atoms with Crippen molar-refractivity contribution in [3.05, 3.63) is 106 Å². The van der Waals surface area contributed by atoms with E-state index in [2.05, 4.69) is 15.9 Å². The normalized spacial score (nSPS) is 11.0. The first-order valence-electron chi connectivity index (χ1n) is 10.0. The first-order valence-corrected chi connectivity index (χ1v) is 10.8. The molecule has 3 aromatic carbocycles. The Kier molecular flexibility index (Phi) is 6.43. The number of rotatable bonds is 6. The molecule has 0 radical (unpaired) electrons. The van der Waals surface area contributed by atoms with Crippen LogP contribution in [0, 0.1) is 0 Å². The third-order valence-corrected chi connectivity index (χ3v) is 5.28. The minimum atomic E-state index is -0.390. The van der Waals surface area contributed by atoms with Gasteiger partial charge in [-0.15, -0.1) is 0 Å². The van der Waals surface area contributed by atoms with Gasteiger partial charge in [0.25, 0.3) is 0 Å². The Balaban J connectivity index is 1.93. The van der Waals surface area contributed by atoms with Gasteiger partial charge in [0.1, 0.15) is 11.3 Å². The van der Waals surface area contributed by atoms with E-state index in [4.69, 9.17) is 9.84 Å². The molecule has 0 aliphatic rings. The molecule has 5 heteroatoms. The number of esters is 1. The SMILES string of the molecule is CCOC(=O)c1c(-c2ccccc2)nn(-c2ccccc2)c1/C=C/c1ccc(Br)cc1. The van der Waals surface area contributed by atoms with Crippen LogP contribution in [0.5, 0.6) is 0 Å². The van der Waals surface area contributed by atoms with Crippen molar-refractivity contribution in [2.45, 2.75) is 6.92 Å². The summed E-state index contributed by atoms with van der Waals surface area (Å²) in [5.74, 6) is -0.390. The van der Waals surface area contributed by atoms with Gasteiger partial charge in [-0.2, -0.15) is 5.10 Å². The van der Waals surface area contributed by atoms with Gasteiger partial charge >= 0.3 is 5.97 Å². The van der Waals surface area contributed by atoms with Crippen molar-refractivity contribution >= 4 is 34.1 Å². The largest absolute Gasteiger partial charge is 0.462 e. The zero-order chi connectivity index (χ0) is 21.6. The highest BCUT2D eigenvalue weighted by molar-refractivity contribution is 9.10. The lowest BCUT2D eigenvalue weighted by Crippen LogP contribution is -2.08. The topological polar surface area (TPSA) is 44.1 Å². The fourth-order valence-electron chi connectivity index (χ4n) is 3.30. The Morgan fingerprint density at radius 1 is 0.935 bits per heavy atom.